The Bertz CT molecular complexity index is 1710. The Morgan fingerprint density at radius 1 is 1.15 bits per heavy atom. The lowest BCUT2D eigenvalue weighted by Crippen LogP contribution is -2.33. The molecule has 7 nitrogen and oxygen atoms in total. The van der Waals surface area contributed by atoms with E-state index in [1.807, 2.05) is 42.6 Å². The summed E-state index contributed by atoms with van der Waals surface area (Å²) in [5.74, 6) is 5.04. The van der Waals surface area contributed by atoms with E-state index in [-0.39, 0.29) is 18.4 Å². The molecule has 8 heteroatoms. The molecule has 2 aliphatic rings. The van der Waals surface area contributed by atoms with Gasteiger partial charge >= 0.3 is 0 Å². The van der Waals surface area contributed by atoms with Crippen LogP contribution < -0.4 is 5.32 Å². The monoisotopic (exact) mass is 533 g/mol. The molecule has 0 atom stereocenters. The number of carbonyl (C=O) groups excluding carboxylic acids is 2. The highest BCUT2D eigenvalue weighted by Crippen LogP contribution is 2.40. The molecule has 1 aliphatic carbocycles. The number of benzene rings is 2. The van der Waals surface area contributed by atoms with Gasteiger partial charge in [0, 0.05) is 48.1 Å². The summed E-state index contributed by atoms with van der Waals surface area (Å²) in [7, 11) is 0. The minimum atomic E-state index is -0.422. The fraction of sp³-hybridized carbons (Fsp3) is 0.250. The van der Waals surface area contributed by atoms with Gasteiger partial charge in [-0.25, -0.2) is 14.4 Å². The highest BCUT2D eigenvalue weighted by molar-refractivity contribution is 6.00. The Morgan fingerprint density at radius 3 is 2.67 bits per heavy atom. The Morgan fingerprint density at radius 2 is 1.98 bits per heavy atom. The zero-order chi connectivity index (χ0) is 27.6. The second-order valence-electron chi connectivity index (χ2n) is 10.1. The van der Waals surface area contributed by atoms with Crippen LogP contribution in [0.2, 0.25) is 0 Å². The summed E-state index contributed by atoms with van der Waals surface area (Å²) >= 11 is 0. The van der Waals surface area contributed by atoms with E-state index in [0.717, 1.165) is 16.5 Å². The van der Waals surface area contributed by atoms with Crippen molar-refractivity contribution in [2.75, 3.05) is 13.1 Å². The Labute approximate surface area is 231 Å². The molecule has 2 N–H and O–H groups in total. The Balaban J connectivity index is 1.20. The van der Waals surface area contributed by atoms with Crippen molar-refractivity contribution in [1.29, 1.82) is 0 Å². The molecule has 1 aliphatic heterocycles. The second kappa shape index (κ2) is 10.8. The smallest absolute Gasteiger partial charge is 0.298 e. The van der Waals surface area contributed by atoms with E-state index in [2.05, 4.69) is 32.1 Å². The van der Waals surface area contributed by atoms with Crippen molar-refractivity contribution >= 4 is 28.4 Å². The molecule has 40 heavy (non-hydrogen) atoms. The number of aromatic amines is 1. The molecule has 0 radical (unpaired) electrons. The number of rotatable bonds is 6. The fourth-order valence-electron chi connectivity index (χ4n) is 5.16. The predicted octanol–water partition coefficient (Wildman–Crippen LogP) is 5.21. The molecule has 1 fully saturated rings. The third-order valence-corrected chi connectivity index (χ3v) is 7.53. The highest BCUT2D eigenvalue weighted by Gasteiger charge is 2.24. The number of halogens is 1. The summed E-state index contributed by atoms with van der Waals surface area (Å²) in [4.78, 5) is 38.5. The molecule has 2 aromatic carbocycles. The van der Waals surface area contributed by atoms with Gasteiger partial charge in [-0.05, 0) is 67.4 Å². The van der Waals surface area contributed by atoms with Crippen LogP contribution in [0.3, 0.4) is 0 Å². The summed E-state index contributed by atoms with van der Waals surface area (Å²) < 4.78 is 15.2. The lowest BCUT2D eigenvalue weighted by Gasteiger charge is -2.24. The molecule has 0 spiro atoms. The first-order valence-corrected chi connectivity index (χ1v) is 13.4. The van der Waals surface area contributed by atoms with Crippen LogP contribution in [-0.4, -0.2) is 44.8 Å². The van der Waals surface area contributed by atoms with E-state index in [4.69, 9.17) is 0 Å². The summed E-state index contributed by atoms with van der Waals surface area (Å²) in [6.07, 6.45) is 8.44. The van der Waals surface area contributed by atoms with E-state index in [1.54, 1.807) is 17.9 Å². The molecular weight excluding hydrogens is 505 g/mol. The zero-order valence-electron chi connectivity index (χ0n) is 22.1. The van der Waals surface area contributed by atoms with Gasteiger partial charge in [-0.15, -0.1) is 0 Å². The molecule has 6 rings (SSSR count). The lowest BCUT2D eigenvalue weighted by molar-refractivity contribution is -0.124. The molecular formula is C32H28FN5O2. The van der Waals surface area contributed by atoms with E-state index < -0.39 is 5.82 Å². The summed E-state index contributed by atoms with van der Waals surface area (Å²) in [6.45, 7) is 2.76. The van der Waals surface area contributed by atoms with Crippen LogP contribution in [-0.2, 0) is 11.3 Å². The van der Waals surface area contributed by atoms with Crippen molar-refractivity contribution in [3.63, 3.8) is 0 Å². The van der Waals surface area contributed by atoms with Gasteiger partial charge in [0.2, 0.25) is 0 Å². The molecule has 2 amide bonds. The largest absolute Gasteiger partial charge is 0.348 e. The van der Waals surface area contributed by atoms with Crippen molar-refractivity contribution in [2.24, 2.45) is 0 Å². The average molecular weight is 534 g/mol. The van der Waals surface area contributed by atoms with Gasteiger partial charge in [-0.2, -0.15) is 0 Å². The van der Waals surface area contributed by atoms with Crippen LogP contribution in [0.25, 0.3) is 27.9 Å². The molecule has 2 aromatic heterocycles. The first-order valence-electron chi connectivity index (χ1n) is 13.4. The third kappa shape index (κ3) is 5.10. The minimum Gasteiger partial charge on any atom is -0.348 e. The maximum Gasteiger partial charge on any atom is 0.298 e. The standard InChI is InChI=1S/C32H28FN5O2/c1-2-3-28(39)38-14-12-22(13-15-38)26-18-34-31-29(26)30(36-19-37-31)24-10-11-25(27(33)16-24)17-35-32(40)23-8-6-21(7-9-23)20-4-5-20/h6-12,16,18-20H,4-5,13-15,17H2,1H3,(H,35,40)(H,34,36,37). The van der Waals surface area contributed by atoms with Gasteiger partial charge < -0.3 is 15.2 Å². The molecule has 200 valence electrons. The number of hydrogen-bond donors (Lipinski definition) is 2. The van der Waals surface area contributed by atoms with E-state index in [9.17, 15) is 9.59 Å². The number of nitrogens with zero attached hydrogens (tertiary/aromatic N) is 3. The number of aromatic nitrogens is 3. The summed E-state index contributed by atoms with van der Waals surface area (Å²) in [5, 5.41) is 3.63. The van der Waals surface area contributed by atoms with Crippen LogP contribution in [0.15, 0.2) is 61.1 Å². The number of carbonyl (C=O) groups is 2. The van der Waals surface area contributed by atoms with Gasteiger partial charge in [0.05, 0.1) is 11.1 Å². The van der Waals surface area contributed by atoms with Crippen LogP contribution in [0, 0.1) is 17.7 Å². The number of nitrogens with one attached hydrogen (secondary N) is 2. The number of H-pyrrole nitrogens is 1. The molecule has 1 saturated carbocycles. The van der Waals surface area contributed by atoms with Crippen LogP contribution in [0.1, 0.15) is 59.2 Å². The van der Waals surface area contributed by atoms with Crippen molar-refractivity contribution in [3.05, 3.63) is 89.1 Å². The van der Waals surface area contributed by atoms with Crippen LogP contribution >= 0.6 is 0 Å². The summed E-state index contributed by atoms with van der Waals surface area (Å²) in [5.41, 5.74) is 6.10. The van der Waals surface area contributed by atoms with Crippen molar-refractivity contribution in [3.8, 4) is 23.1 Å². The molecule has 0 bridgehead atoms. The minimum absolute atomic E-state index is 0.0778. The van der Waals surface area contributed by atoms with Crippen LogP contribution in [0.4, 0.5) is 4.39 Å². The second-order valence-corrected chi connectivity index (χ2v) is 10.1. The predicted molar refractivity (Wildman–Crippen MR) is 151 cm³/mol. The first kappa shape index (κ1) is 25.5. The van der Waals surface area contributed by atoms with Gasteiger partial charge in [0.1, 0.15) is 17.8 Å². The summed E-state index contributed by atoms with van der Waals surface area (Å²) in [6, 6.07) is 12.6. The van der Waals surface area contributed by atoms with E-state index in [1.165, 1.54) is 30.8 Å². The van der Waals surface area contributed by atoms with Gasteiger partial charge in [0.15, 0.2) is 0 Å². The van der Waals surface area contributed by atoms with E-state index >= 15 is 4.39 Å². The normalized spacial score (nSPS) is 14.8. The fourth-order valence-corrected chi connectivity index (χ4v) is 5.16. The van der Waals surface area contributed by atoms with E-state index in [0.29, 0.717) is 53.5 Å². The van der Waals surface area contributed by atoms with Gasteiger partial charge in [0.25, 0.3) is 11.8 Å². The zero-order valence-corrected chi connectivity index (χ0v) is 22.1. The molecule has 4 aromatic rings. The quantitative estimate of drug-likeness (QED) is 0.333. The number of hydrogen-bond acceptors (Lipinski definition) is 4. The van der Waals surface area contributed by atoms with Crippen molar-refractivity contribution in [2.45, 2.75) is 38.6 Å². The maximum absolute atomic E-state index is 15.2. The van der Waals surface area contributed by atoms with Crippen molar-refractivity contribution < 1.29 is 14.0 Å². The third-order valence-electron chi connectivity index (χ3n) is 7.53. The SMILES string of the molecule is CC#CC(=O)N1CC=C(c2c[nH]c3ncnc(-c4ccc(CNC(=O)c5ccc(C6CC6)cc5)c(F)c4)c23)CC1. The molecule has 3 heterocycles. The average Bonchev–Trinajstić information content (AvgIpc) is 3.75. The lowest BCUT2D eigenvalue weighted by atomic mass is 9.96. The highest BCUT2D eigenvalue weighted by atomic mass is 19.1. The van der Waals surface area contributed by atoms with Gasteiger partial charge in [-0.3, -0.25) is 9.59 Å². The Kier molecular flexibility index (Phi) is 6.87. The van der Waals surface area contributed by atoms with Crippen LogP contribution in [0.5, 0.6) is 0 Å². The van der Waals surface area contributed by atoms with Crippen molar-refractivity contribution in [1.82, 2.24) is 25.2 Å². The number of fused-ring (bicyclic) bond motifs is 1. The molecule has 0 saturated heterocycles. The number of amides is 2. The Hall–Kier alpha value is -4.77. The maximum atomic E-state index is 15.2. The first-order chi connectivity index (χ1) is 19.5. The topological polar surface area (TPSA) is 91.0 Å². The molecule has 0 unspecified atom stereocenters. The van der Waals surface area contributed by atoms with Gasteiger partial charge in [-0.1, -0.05) is 36.3 Å².